The van der Waals surface area contributed by atoms with E-state index in [0.717, 1.165) is 24.2 Å². The van der Waals surface area contributed by atoms with Crippen molar-refractivity contribution in [1.29, 1.82) is 0 Å². The lowest BCUT2D eigenvalue weighted by Gasteiger charge is -2.07. The number of thiol groups is 1. The smallest absolute Gasteiger partial charge is 0.310 e. The van der Waals surface area contributed by atoms with Crippen LogP contribution in [-0.2, 0) is 0 Å². The molecule has 0 amide bonds. The summed E-state index contributed by atoms with van der Waals surface area (Å²) in [6.07, 6.45) is 8.23. The van der Waals surface area contributed by atoms with Crippen molar-refractivity contribution in [3.63, 3.8) is 0 Å². The largest absolute Gasteiger partial charge is 0.487 e. The van der Waals surface area contributed by atoms with Gasteiger partial charge in [-0.25, -0.2) is 0 Å². The molecule has 0 atom stereocenters. The highest BCUT2D eigenvalue weighted by Gasteiger charge is 2.14. The van der Waals surface area contributed by atoms with Crippen molar-refractivity contribution in [3.05, 3.63) is 33.9 Å². The van der Waals surface area contributed by atoms with E-state index in [-0.39, 0.29) is 5.69 Å². The van der Waals surface area contributed by atoms with E-state index in [2.05, 4.69) is 12.6 Å². The summed E-state index contributed by atoms with van der Waals surface area (Å²) >= 11 is 4.19. The Labute approximate surface area is 132 Å². The fraction of sp³-hybridized carbons (Fsp3) is 0.625. The van der Waals surface area contributed by atoms with Crippen molar-refractivity contribution in [2.75, 3.05) is 12.4 Å². The fourth-order valence-electron chi connectivity index (χ4n) is 2.17. The molecular weight excluding hydrogens is 286 g/mol. The van der Waals surface area contributed by atoms with E-state index in [0.29, 0.717) is 12.4 Å². The molecule has 5 heteroatoms. The van der Waals surface area contributed by atoms with Crippen LogP contribution >= 0.6 is 12.6 Å². The average molecular weight is 311 g/mol. The second kappa shape index (κ2) is 10.5. The molecule has 0 aliphatic rings. The van der Waals surface area contributed by atoms with Crippen LogP contribution in [0.1, 0.15) is 50.5 Å². The predicted octanol–water partition coefficient (Wildman–Crippen LogP) is 4.94. The van der Waals surface area contributed by atoms with Gasteiger partial charge < -0.3 is 4.74 Å². The lowest BCUT2D eigenvalue weighted by atomic mass is 10.1. The monoisotopic (exact) mass is 311 g/mol. The van der Waals surface area contributed by atoms with Crippen molar-refractivity contribution in [1.82, 2.24) is 0 Å². The highest BCUT2D eigenvalue weighted by atomic mass is 32.1. The van der Waals surface area contributed by atoms with E-state index in [1.807, 2.05) is 6.92 Å². The molecule has 0 N–H and O–H groups in total. The lowest BCUT2D eigenvalue weighted by Crippen LogP contribution is -2.01. The van der Waals surface area contributed by atoms with Crippen LogP contribution in [0.5, 0.6) is 5.75 Å². The topological polar surface area (TPSA) is 52.4 Å². The normalized spacial score (nSPS) is 10.6. The van der Waals surface area contributed by atoms with Gasteiger partial charge in [0.1, 0.15) is 0 Å². The zero-order valence-corrected chi connectivity index (χ0v) is 13.6. The van der Waals surface area contributed by atoms with Gasteiger partial charge in [-0.05, 0) is 37.1 Å². The second-order valence-electron chi connectivity index (χ2n) is 5.28. The van der Waals surface area contributed by atoms with Gasteiger partial charge in [-0.1, -0.05) is 38.2 Å². The number of unbranched alkanes of at least 4 members (excludes halogenated alkanes) is 6. The Kier molecular flexibility index (Phi) is 8.90. The maximum atomic E-state index is 10.9. The van der Waals surface area contributed by atoms with Gasteiger partial charge in [0, 0.05) is 6.07 Å². The van der Waals surface area contributed by atoms with Crippen LogP contribution < -0.4 is 4.74 Å². The number of nitro groups is 1. The molecule has 0 aliphatic heterocycles. The van der Waals surface area contributed by atoms with Gasteiger partial charge in [-0.3, -0.25) is 10.1 Å². The van der Waals surface area contributed by atoms with Crippen molar-refractivity contribution >= 4 is 18.3 Å². The van der Waals surface area contributed by atoms with E-state index < -0.39 is 4.92 Å². The summed E-state index contributed by atoms with van der Waals surface area (Å²) in [7, 11) is 0. The molecule has 0 bridgehead atoms. The average Bonchev–Trinajstić information content (AvgIpc) is 2.45. The Bertz CT molecular complexity index is 438. The van der Waals surface area contributed by atoms with Gasteiger partial charge in [0.15, 0.2) is 5.75 Å². The van der Waals surface area contributed by atoms with Gasteiger partial charge in [-0.15, -0.1) is 0 Å². The molecule has 0 saturated carbocycles. The van der Waals surface area contributed by atoms with Crippen molar-refractivity contribution in [2.24, 2.45) is 0 Å². The molecule has 0 spiro atoms. The number of rotatable bonds is 11. The fourth-order valence-corrected chi connectivity index (χ4v) is 2.39. The minimum absolute atomic E-state index is 0.0485. The summed E-state index contributed by atoms with van der Waals surface area (Å²) in [4.78, 5) is 10.5. The van der Waals surface area contributed by atoms with Crippen LogP contribution in [0.25, 0.3) is 0 Å². The van der Waals surface area contributed by atoms with Crippen LogP contribution in [0, 0.1) is 17.0 Å². The molecule has 118 valence electrons. The zero-order chi connectivity index (χ0) is 15.5. The molecule has 0 saturated heterocycles. The Morgan fingerprint density at radius 2 is 1.71 bits per heavy atom. The molecule has 1 aromatic rings. The Morgan fingerprint density at radius 3 is 2.33 bits per heavy atom. The zero-order valence-electron chi connectivity index (χ0n) is 12.7. The van der Waals surface area contributed by atoms with Gasteiger partial charge in [0.2, 0.25) is 0 Å². The molecule has 0 unspecified atom stereocenters. The quantitative estimate of drug-likeness (QED) is 0.272. The summed E-state index contributed by atoms with van der Waals surface area (Å²) < 4.78 is 5.57. The Hall–Kier alpha value is -1.23. The Morgan fingerprint density at radius 1 is 1.10 bits per heavy atom. The van der Waals surface area contributed by atoms with Crippen LogP contribution in [0.2, 0.25) is 0 Å². The molecule has 1 rings (SSSR count). The molecular formula is C16H25NO3S. The van der Waals surface area contributed by atoms with Crippen LogP contribution in [0.15, 0.2) is 18.2 Å². The van der Waals surface area contributed by atoms with Gasteiger partial charge in [0.05, 0.1) is 11.5 Å². The van der Waals surface area contributed by atoms with Gasteiger partial charge in [0.25, 0.3) is 0 Å². The number of aryl methyl sites for hydroxylation is 1. The second-order valence-corrected chi connectivity index (χ2v) is 5.72. The van der Waals surface area contributed by atoms with Crippen molar-refractivity contribution in [3.8, 4) is 5.75 Å². The third kappa shape index (κ3) is 7.37. The van der Waals surface area contributed by atoms with Crippen molar-refractivity contribution < 1.29 is 9.66 Å². The summed E-state index contributed by atoms with van der Waals surface area (Å²) in [5.74, 6) is 1.36. The minimum Gasteiger partial charge on any atom is -0.487 e. The number of benzene rings is 1. The lowest BCUT2D eigenvalue weighted by molar-refractivity contribution is -0.385. The van der Waals surface area contributed by atoms with Crippen LogP contribution in [0.3, 0.4) is 0 Å². The van der Waals surface area contributed by atoms with Gasteiger partial charge >= 0.3 is 5.69 Å². The SMILES string of the molecule is Cc1ccc([N+](=O)[O-])c(OCCCCCCCCCS)c1. The molecule has 0 fully saturated rings. The third-order valence-electron chi connectivity index (χ3n) is 3.37. The highest BCUT2D eigenvalue weighted by Crippen LogP contribution is 2.27. The highest BCUT2D eigenvalue weighted by molar-refractivity contribution is 7.80. The van der Waals surface area contributed by atoms with Crippen LogP contribution in [0.4, 0.5) is 5.69 Å². The number of hydrogen-bond acceptors (Lipinski definition) is 4. The maximum absolute atomic E-state index is 10.9. The summed E-state index contributed by atoms with van der Waals surface area (Å²) in [6, 6.07) is 4.97. The first kappa shape index (κ1) is 17.8. The molecule has 4 nitrogen and oxygen atoms in total. The first-order valence-corrected chi connectivity index (χ1v) is 8.27. The number of nitro benzene ring substituents is 1. The maximum Gasteiger partial charge on any atom is 0.310 e. The first-order chi connectivity index (χ1) is 10.1. The van der Waals surface area contributed by atoms with E-state index in [9.17, 15) is 10.1 Å². The van der Waals surface area contributed by atoms with Gasteiger partial charge in [-0.2, -0.15) is 12.6 Å². The van der Waals surface area contributed by atoms with Crippen molar-refractivity contribution in [2.45, 2.75) is 51.9 Å². The Balaban J connectivity index is 2.21. The third-order valence-corrected chi connectivity index (χ3v) is 3.69. The molecule has 21 heavy (non-hydrogen) atoms. The minimum atomic E-state index is -0.393. The van der Waals surface area contributed by atoms with E-state index in [4.69, 9.17) is 4.74 Å². The van der Waals surface area contributed by atoms with E-state index in [1.165, 1.54) is 38.2 Å². The predicted molar refractivity (Wildman–Crippen MR) is 89.5 cm³/mol. The first-order valence-electron chi connectivity index (χ1n) is 7.64. The summed E-state index contributed by atoms with van der Waals surface area (Å²) in [6.45, 7) is 2.45. The summed E-state index contributed by atoms with van der Waals surface area (Å²) in [5, 5.41) is 10.9. The standard InChI is InChI=1S/C16H25NO3S/c1-14-9-10-15(17(18)19)16(13-14)20-11-7-5-3-2-4-6-8-12-21/h9-10,13,21H,2-8,11-12H2,1H3. The summed E-state index contributed by atoms with van der Waals surface area (Å²) in [5.41, 5.74) is 1.02. The number of ether oxygens (including phenoxy) is 1. The van der Waals surface area contributed by atoms with E-state index >= 15 is 0 Å². The molecule has 1 aromatic carbocycles. The molecule has 0 heterocycles. The number of nitrogens with zero attached hydrogens (tertiary/aromatic N) is 1. The molecule has 0 aromatic heterocycles. The van der Waals surface area contributed by atoms with E-state index in [1.54, 1.807) is 12.1 Å². The number of hydrogen-bond donors (Lipinski definition) is 1. The molecule has 0 aliphatic carbocycles. The molecule has 0 radical (unpaired) electrons. The van der Waals surface area contributed by atoms with Crippen LogP contribution in [-0.4, -0.2) is 17.3 Å².